The quantitative estimate of drug-likeness (QED) is 0.589. The van der Waals surface area contributed by atoms with Crippen molar-refractivity contribution in [2.75, 3.05) is 38.2 Å². The van der Waals surface area contributed by atoms with Crippen LogP contribution in [0, 0.1) is 6.92 Å². The molecule has 0 N–H and O–H groups in total. The van der Waals surface area contributed by atoms with Gasteiger partial charge in [-0.05, 0) is 36.8 Å². The molecule has 1 aliphatic rings. The molecule has 150 valence electrons. The molecule has 4 rings (SSSR count). The first-order chi connectivity index (χ1) is 14.0. The van der Waals surface area contributed by atoms with Crippen molar-refractivity contribution in [3.63, 3.8) is 0 Å². The van der Waals surface area contributed by atoms with Crippen molar-refractivity contribution in [3.8, 4) is 0 Å². The number of carbonyl (C=O) groups excluding carboxylic acids is 2. The van der Waals surface area contributed by atoms with E-state index in [9.17, 15) is 9.59 Å². The maximum atomic E-state index is 13.0. The van der Waals surface area contributed by atoms with E-state index in [0.717, 1.165) is 20.9 Å². The third-order valence-electron chi connectivity index (χ3n) is 5.14. The van der Waals surface area contributed by atoms with Crippen LogP contribution in [0.2, 0.25) is 5.02 Å². The van der Waals surface area contributed by atoms with Gasteiger partial charge in [0.15, 0.2) is 5.13 Å². The summed E-state index contributed by atoms with van der Waals surface area (Å²) in [5, 5.41) is 1.65. The van der Waals surface area contributed by atoms with Gasteiger partial charge in [0.25, 0.3) is 5.91 Å². The van der Waals surface area contributed by atoms with Crippen molar-refractivity contribution in [1.29, 1.82) is 0 Å². The van der Waals surface area contributed by atoms with Gasteiger partial charge < -0.3 is 14.5 Å². The number of rotatable bonds is 3. The fraction of sp³-hybridized carbons (Fsp3) is 0.286. The highest BCUT2D eigenvalue weighted by Gasteiger charge is 2.27. The van der Waals surface area contributed by atoms with Gasteiger partial charge in [0.2, 0.25) is 0 Å². The van der Waals surface area contributed by atoms with E-state index in [2.05, 4.69) is 4.90 Å². The van der Waals surface area contributed by atoms with E-state index in [4.69, 9.17) is 21.3 Å². The normalized spacial score (nSPS) is 14.3. The summed E-state index contributed by atoms with van der Waals surface area (Å²) in [5.41, 5.74) is 2.59. The molecule has 0 atom stereocenters. The number of aromatic nitrogens is 1. The maximum absolute atomic E-state index is 13.0. The van der Waals surface area contributed by atoms with E-state index < -0.39 is 5.97 Å². The Hall–Kier alpha value is -2.64. The molecule has 0 unspecified atom stereocenters. The van der Waals surface area contributed by atoms with E-state index in [1.54, 1.807) is 40.5 Å². The van der Waals surface area contributed by atoms with Crippen LogP contribution in [0.15, 0.2) is 36.4 Å². The Morgan fingerprint density at radius 3 is 2.45 bits per heavy atom. The smallest absolute Gasteiger partial charge is 0.338 e. The summed E-state index contributed by atoms with van der Waals surface area (Å²) in [6.45, 7) is 4.45. The SMILES string of the molecule is COC(=O)c1ccccc1C(=O)N1CCN(c2nc3c(C)c(Cl)ccc3s2)CC1. The first-order valence-corrected chi connectivity index (χ1v) is 10.5. The summed E-state index contributed by atoms with van der Waals surface area (Å²) in [4.78, 5) is 33.7. The number of carbonyl (C=O) groups is 2. The van der Waals surface area contributed by atoms with Crippen molar-refractivity contribution < 1.29 is 14.3 Å². The molecule has 0 bridgehead atoms. The molecule has 1 aliphatic heterocycles. The lowest BCUT2D eigenvalue weighted by molar-refractivity contribution is 0.0589. The van der Waals surface area contributed by atoms with E-state index in [1.807, 2.05) is 19.1 Å². The Bertz CT molecular complexity index is 1090. The molecule has 0 aliphatic carbocycles. The zero-order valence-corrected chi connectivity index (χ0v) is 17.7. The van der Waals surface area contributed by atoms with Gasteiger partial charge in [0.05, 0.1) is 28.5 Å². The fourth-order valence-corrected chi connectivity index (χ4v) is 4.68. The Balaban J connectivity index is 1.50. The highest BCUT2D eigenvalue weighted by atomic mass is 35.5. The summed E-state index contributed by atoms with van der Waals surface area (Å²) in [6.07, 6.45) is 0. The summed E-state index contributed by atoms with van der Waals surface area (Å²) in [6, 6.07) is 10.7. The first-order valence-electron chi connectivity index (χ1n) is 9.27. The third-order valence-corrected chi connectivity index (χ3v) is 6.63. The lowest BCUT2D eigenvalue weighted by Crippen LogP contribution is -2.49. The highest BCUT2D eigenvalue weighted by molar-refractivity contribution is 7.22. The second-order valence-corrected chi connectivity index (χ2v) is 8.25. The number of esters is 1. The van der Waals surface area contributed by atoms with E-state index in [1.165, 1.54) is 7.11 Å². The van der Waals surface area contributed by atoms with Crippen LogP contribution in [-0.2, 0) is 4.74 Å². The minimum absolute atomic E-state index is 0.155. The largest absolute Gasteiger partial charge is 0.465 e. The Morgan fingerprint density at radius 2 is 1.76 bits per heavy atom. The number of aryl methyl sites for hydroxylation is 1. The molecular formula is C21H20ClN3O3S. The molecule has 0 radical (unpaired) electrons. The van der Waals surface area contributed by atoms with Crippen LogP contribution in [0.5, 0.6) is 0 Å². The van der Waals surface area contributed by atoms with Gasteiger partial charge in [-0.1, -0.05) is 35.1 Å². The summed E-state index contributed by atoms with van der Waals surface area (Å²) < 4.78 is 5.91. The number of benzene rings is 2. The number of hydrogen-bond acceptors (Lipinski definition) is 6. The number of piperazine rings is 1. The molecule has 1 saturated heterocycles. The lowest BCUT2D eigenvalue weighted by Gasteiger charge is -2.34. The molecule has 29 heavy (non-hydrogen) atoms. The van der Waals surface area contributed by atoms with Crippen LogP contribution in [-0.4, -0.2) is 55.0 Å². The van der Waals surface area contributed by atoms with Gasteiger partial charge in [-0.3, -0.25) is 4.79 Å². The topological polar surface area (TPSA) is 62.7 Å². The number of halogens is 1. The number of thiazole rings is 1. The number of nitrogens with zero attached hydrogens (tertiary/aromatic N) is 3. The van der Waals surface area contributed by atoms with Crippen LogP contribution >= 0.6 is 22.9 Å². The zero-order valence-electron chi connectivity index (χ0n) is 16.1. The first kappa shape index (κ1) is 19.7. The van der Waals surface area contributed by atoms with Gasteiger partial charge in [-0.2, -0.15) is 0 Å². The summed E-state index contributed by atoms with van der Waals surface area (Å²) in [5.74, 6) is -0.659. The van der Waals surface area contributed by atoms with Gasteiger partial charge in [0, 0.05) is 31.2 Å². The van der Waals surface area contributed by atoms with Crippen molar-refractivity contribution >= 4 is 50.2 Å². The molecule has 2 heterocycles. The van der Waals surface area contributed by atoms with Crippen LogP contribution < -0.4 is 4.90 Å². The minimum Gasteiger partial charge on any atom is -0.465 e. The van der Waals surface area contributed by atoms with Crippen molar-refractivity contribution in [1.82, 2.24) is 9.88 Å². The molecule has 6 nitrogen and oxygen atoms in total. The van der Waals surface area contributed by atoms with Crippen molar-refractivity contribution in [3.05, 3.63) is 58.1 Å². The number of anilines is 1. The molecule has 1 amide bonds. The van der Waals surface area contributed by atoms with Gasteiger partial charge in [-0.15, -0.1) is 0 Å². The van der Waals surface area contributed by atoms with Crippen LogP contribution in [0.4, 0.5) is 5.13 Å². The molecule has 3 aromatic rings. The van der Waals surface area contributed by atoms with Gasteiger partial charge in [0.1, 0.15) is 0 Å². The van der Waals surface area contributed by atoms with Crippen LogP contribution in [0.25, 0.3) is 10.2 Å². The van der Waals surface area contributed by atoms with E-state index >= 15 is 0 Å². The fourth-order valence-electron chi connectivity index (χ4n) is 3.45. The maximum Gasteiger partial charge on any atom is 0.338 e. The molecule has 0 spiro atoms. The number of methoxy groups -OCH3 is 1. The summed E-state index contributed by atoms with van der Waals surface area (Å²) >= 11 is 7.85. The van der Waals surface area contributed by atoms with Gasteiger partial charge >= 0.3 is 5.97 Å². The Kier molecular flexibility index (Phi) is 5.43. The van der Waals surface area contributed by atoms with Crippen molar-refractivity contribution in [2.24, 2.45) is 0 Å². The van der Waals surface area contributed by atoms with E-state index in [0.29, 0.717) is 42.3 Å². The Labute approximate surface area is 177 Å². The van der Waals surface area contributed by atoms with Crippen LogP contribution in [0.1, 0.15) is 26.3 Å². The lowest BCUT2D eigenvalue weighted by atomic mass is 10.1. The van der Waals surface area contributed by atoms with E-state index in [-0.39, 0.29) is 5.91 Å². The summed E-state index contributed by atoms with van der Waals surface area (Å²) in [7, 11) is 1.31. The molecular weight excluding hydrogens is 410 g/mol. The molecule has 1 fully saturated rings. The molecule has 2 aromatic carbocycles. The second-order valence-electron chi connectivity index (χ2n) is 6.83. The third kappa shape index (κ3) is 3.68. The van der Waals surface area contributed by atoms with Crippen LogP contribution in [0.3, 0.4) is 0 Å². The number of ether oxygens (including phenoxy) is 1. The molecule has 0 saturated carbocycles. The molecule has 1 aromatic heterocycles. The zero-order chi connectivity index (χ0) is 20.5. The molecule has 8 heteroatoms. The minimum atomic E-state index is -0.504. The number of fused-ring (bicyclic) bond motifs is 1. The predicted octanol–water partition coefficient (Wildman–Crippen LogP) is 4.01. The monoisotopic (exact) mass is 429 g/mol. The number of hydrogen-bond donors (Lipinski definition) is 0. The predicted molar refractivity (Wildman–Crippen MR) is 115 cm³/mol. The Morgan fingerprint density at radius 1 is 1.07 bits per heavy atom. The highest BCUT2D eigenvalue weighted by Crippen LogP contribution is 2.34. The second kappa shape index (κ2) is 8.00. The average molecular weight is 430 g/mol. The van der Waals surface area contributed by atoms with Gasteiger partial charge in [-0.25, -0.2) is 9.78 Å². The number of amides is 1. The standard InChI is InChI=1S/C21H20ClN3O3S/c1-13-16(22)7-8-17-18(13)23-21(29-17)25-11-9-24(10-12-25)19(26)14-5-3-4-6-15(14)20(27)28-2/h3-8H,9-12H2,1-2H3. The van der Waals surface area contributed by atoms with Crippen molar-refractivity contribution in [2.45, 2.75) is 6.92 Å². The average Bonchev–Trinajstić information content (AvgIpc) is 3.20.